The monoisotopic (exact) mass is 252 g/mol. The minimum atomic E-state index is -1.10. The van der Waals surface area contributed by atoms with E-state index in [0.29, 0.717) is 18.5 Å². The molecule has 1 aromatic heterocycles. The van der Waals surface area contributed by atoms with Gasteiger partial charge in [-0.3, -0.25) is 9.59 Å². The van der Waals surface area contributed by atoms with Crippen LogP contribution < -0.4 is 10.9 Å². The van der Waals surface area contributed by atoms with Gasteiger partial charge in [-0.1, -0.05) is 13.3 Å². The van der Waals surface area contributed by atoms with Gasteiger partial charge in [0.25, 0.3) is 11.5 Å². The number of nitrogens with one attached hydrogen (secondary N) is 2. The van der Waals surface area contributed by atoms with Gasteiger partial charge in [0.15, 0.2) is 0 Å². The van der Waals surface area contributed by atoms with E-state index in [1.54, 1.807) is 13.0 Å². The highest BCUT2D eigenvalue weighted by Gasteiger charge is 2.20. The summed E-state index contributed by atoms with van der Waals surface area (Å²) in [4.78, 5) is 36.7. The van der Waals surface area contributed by atoms with E-state index in [0.717, 1.165) is 0 Å². The molecular formula is C12H16N2O4. The molecule has 0 bridgehead atoms. The van der Waals surface area contributed by atoms with Gasteiger partial charge in [-0.15, -0.1) is 0 Å². The van der Waals surface area contributed by atoms with Gasteiger partial charge >= 0.3 is 5.97 Å². The lowest BCUT2D eigenvalue weighted by molar-refractivity contribution is -0.139. The average Bonchev–Trinajstić information content (AvgIpc) is 2.27. The van der Waals surface area contributed by atoms with Gasteiger partial charge in [-0.05, 0) is 25.5 Å². The number of hydrogen-bond acceptors (Lipinski definition) is 3. The zero-order valence-electron chi connectivity index (χ0n) is 10.3. The van der Waals surface area contributed by atoms with E-state index >= 15 is 0 Å². The molecule has 3 N–H and O–H groups in total. The van der Waals surface area contributed by atoms with Crippen molar-refractivity contribution in [3.8, 4) is 0 Å². The predicted octanol–water partition coefficient (Wildman–Crippen LogP) is 0.666. The van der Waals surface area contributed by atoms with Crippen molar-refractivity contribution in [2.24, 2.45) is 0 Å². The molecule has 1 aromatic rings. The Morgan fingerprint density at radius 1 is 1.44 bits per heavy atom. The second-order valence-corrected chi connectivity index (χ2v) is 4.04. The van der Waals surface area contributed by atoms with E-state index in [-0.39, 0.29) is 5.56 Å². The van der Waals surface area contributed by atoms with Crippen LogP contribution in [0.1, 0.15) is 35.8 Å². The first kappa shape index (κ1) is 14.0. The van der Waals surface area contributed by atoms with Crippen molar-refractivity contribution in [3.63, 3.8) is 0 Å². The fourth-order valence-electron chi connectivity index (χ4n) is 1.53. The third kappa shape index (κ3) is 3.44. The SMILES string of the molecule is CCCC(NC(=O)c1ccc(C)[nH]c1=O)C(=O)O. The Kier molecular flexibility index (Phi) is 4.65. The van der Waals surface area contributed by atoms with Crippen molar-refractivity contribution in [1.29, 1.82) is 0 Å². The molecule has 0 aromatic carbocycles. The molecule has 0 aliphatic carbocycles. The zero-order chi connectivity index (χ0) is 13.7. The first-order chi connectivity index (χ1) is 8.45. The molecule has 0 aliphatic heterocycles. The number of rotatable bonds is 5. The normalized spacial score (nSPS) is 11.9. The Bertz CT molecular complexity index is 507. The number of pyridine rings is 1. The van der Waals surface area contributed by atoms with Crippen molar-refractivity contribution in [2.45, 2.75) is 32.7 Å². The quantitative estimate of drug-likeness (QED) is 0.717. The Morgan fingerprint density at radius 3 is 2.61 bits per heavy atom. The molecule has 98 valence electrons. The van der Waals surface area contributed by atoms with Crippen LogP contribution in [0.5, 0.6) is 0 Å². The van der Waals surface area contributed by atoms with Crippen molar-refractivity contribution in [2.75, 3.05) is 0 Å². The summed E-state index contributed by atoms with van der Waals surface area (Å²) in [6.45, 7) is 3.51. The second-order valence-electron chi connectivity index (χ2n) is 4.04. The summed E-state index contributed by atoms with van der Waals surface area (Å²) in [5, 5.41) is 11.2. The lowest BCUT2D eigenvalue weighted by atomic mass is 10.1. The lowest BCUT2D eigenvalue weighted by Gasteiger charge is -2.13. The van der Waals surface area contributed by atoms with E-state index < -0.39 is 23.5 Å². The topological polar surface area (TPSA) is 99.3 Å². The number of aliphatic carboxylic acids is 1. The average molecular weight is 252 g/mol. The Labute approximate surface area is 104 Å². The fraction of sp³-hybridized carbons (Fsp3) is 0.417. The molecule has 1 amide bonds. The van der Waals surface area contributed by atoms with Gasteiger partial charge in [-0.2, -0.15) is 0 Å². The molecule has 1 heterocycles. The molecule has 6 heteroatoms. The summed E-state index contributed by atoms with van der Waals surface area (Å²) in [6, 6.07) is 2.00. The summed E-state index contributed by atoms with van der Waals surface area (Å²) in [7, 11) is 0. The number of carbonyl (C=O) groups is 2. The third-order valence-corrected chi connectivity index (χ3v) is 2.48. The molecule has 0 spiro atoms. The molecule has 0 radical (unpaired) electrons. The summed E-state index contributed by atoms with van der Waals surface area (Å²) in [5.74, 6) is -1.77. The van der Waals surface area contributed by atoms with Gasteiger partial charge in [0.1, 0.15) is 11.6 Å². The van der Waals surface area contributed by atoms with Crippen molar-refractivity contribution in [1.82, 2.24) is 10.3 Å². The van der Waals surface area contributed by atoms with Gasteiger partial charge in [0.05, 0.1) is 0 Å². The largest absolute Gasteiger partial charge is 0.480 e. The van der Waals surface area contributed by atoms with Crippen molar-refractivity contribution >= 4 is 11.9 Å². The van der Waals surface area contributed by atoms with E-state index in [9.17, 15) is 14.4 Å². The number of hydrogen-bond donors (Lipinski definition) is 3. The Hall–Kier alpha value is -2.11. The fourth-order valence-corrected chi connectivity index (χ4v) is 1.53. The number of carboxylic acids is 1. The molecule has 0 fully saturated rings. The van der Waals surface area contributed by atoms with E-state index in [1.807, 2.05) is 6.92 Å². The van der Waals surface area contributed by atoms with Crippen LogP contribution in [-0.4, -0.2) is 28.0 Å². The van der Waals surface area contributed by atoms with Crippen molar-refractivity contribution in [3.05, 3.63) is 33.7 Å². The molecular weight excluding hydrogens is 236 g/mol. The molecule has 6 nitrogen and oxygen atoms in total. The number of amides is 1. The Morgan fingerprint density at radius 2 is 2.11 bits per heavy atom. The predicted molar refractivity (Wildman–Crippen MR) is 65.6 cm³/mol. The van der Waals surface area contributed by atoms with Crippen molar-refractivity contribution < 1.29 is 14.7 Å². The summed E-state index contributed by atoms with van der Waals surface area (Å²) < 4.78 is 0. The molecule has 0 saturated heterocycles. The summed E-state index contributed by atoms with van der Waals surface area (Å²) in [6.07, 6.45) is 0.951. The van der Waals surface area contributed by atoms with Crippen LogP contribution in [0, 0.1) is 6.92 Å². The number of aromatic nitrogens is 1. The van der Waals surface area contributed by atoms with Crippen LogP contribution in [0.15, 0.2) is 16.9 Å². The van der Waals surface area contributed by atoms with Crippen LogP contribution in [0.2, 0.25) is 0 Å². The molecule has 18 heavy (non-hydrogen) atoms. The highest BCUT2D eigenvalue weighted by atomic mass is 16.4. The summed E-state index contributed by atoms with van der Waals surface area (Å²) in [5.41, 5.74) is 0.0379. The molecule has 1 atom stereocenters. The van der Waals surface area contributed by atoms with E-state index in [2.05, 4.69) is 10.3 Å². The molecule has 0 aliphatic rings. The lowest BCUT2D eigenvalue weighted by Crippen LogP contribution is -2.42. The standard InChI is InChI=1S/C12H16N2O4/c1-3-4-9(12(17)18)14-11(16)8-6-5-7(2)13-10(8)15/h5-6,9H,3-4H2,1-2H3,(H,13,15)(H,14,16)(H,17,18). The first-order valence-electron chi connectivity index (χ1n) is 5.69. The molecule has 1 unspecified atom stereocenters. The number of aromatic amines is 1. The highest BCUT2D eigenvalue weighted by molar-refractivity contribution is 5.96. The minimum Gasteiger partial charge on any atom is -0.480 e. The Balaban J connectivity index is 2.87. The van der Waals surface area contributed by atoms with Crippen LogP contribution in [0.3, 0.4) is 0 Å². The first-order valence-corrected chi connectivity index (χ1v) is 5.69. The van der Waals surface area contributed by atoms with Gasteiger partial charge in [0, 0.05) is 5.69 Å². The van der Waals surface area contributed by atoms with Crippen LogP contribution in [0.4, 0.5) is 0 Å². The zero-order valence-corrected chi connectivity index (χ0v) is 10.3. The van der Waals surface area contributed by atoms with E-state index in [1.165, 1.54) is 6.07 Å². The van der Waals surface area contributed by atoms with Gasteiger partial charge in [0.2, 0.25) is 0 Å². The van der Waals surface area contributed by atoms with Crippen LogP contribution >= 0.6 is 0 Å². The number of carbonyl (C=O) groups excluding carboxylic acids is 1. The molecule has 0 saturated carbocycles. The number of H-pyrrole nitrogens is 1. The number of carboxylic acid groups (broad SMARTS) is 1. The highest BCUT2D eigenvalue weighted by Crippen LogP contribution is 2.00. The number of aryl methyl sites for hydroxylation is 1. The minimum absolute atomic E-state index is 0.0806. The second kappa shape index (κ2) is 6.00. The van der Waals surface area contributed by atoms with E-state index in [4.69, 9.17) is 5.11 Å². The molecule has 1 rings (SSSR count). The maximum atomic E-state index is 11.8. The third-order valence-electron chi connectivity index (χ3n) is 2.48. The smallest absolute Gasteiger partial charge is 0.326 e. The maximum absolute atomic E-state index is 11.8. The van der Waals surface area contributed by atoms with Crippen LogP contribution in [0.25, 0.3) is 0 Å². The van der Waals surface area contributed by atoms with Gasteiger partial charge in [-0.25, -0.2) is 4.79 Å². The summed E-state index contributed by atoms with van der Waals surface area (Å²) >= 11 is 0. The van der Waals surface area contributed by atoms with Crippen LogP contribution in [-0.2, 0) is 4.79 Å². The maximum Gasteiger partial charge on any atom is 0.326 e. The van der Waals surface area contributed by atoms with Gasteiger partial charge < -0.3 is 15.4 Å².